The number of carbonyl (C=O) groups excluding carboxylic acids is 1. The second-order valence-electron chi connectivity index (χ2n) is 4.68. The molecule has 1 heterocycles. The lowest BCUT2D eigenvalue weighted by atomic mass is 10.2. The molecule has 2 aromatic rings. The Hall–Kier alpha value is -2.08. The molecular formula is C15H12F2N2OS. The normalized spacial score (nSPS) is 13.5. The predicted molar refractivity (Wildman–Crippen MR) is 79.5 cm³/mol. The SMILES string of the molecule is O=C1CSc2ccc(NCc3cc(F)cc(F)c3)cc2N1. The number of fused-ring (bicyclic) bond motifs is 1. The molecule has 0 bridgehead atoms. The van der Waals surface area contributed by atoms with Crippen molar-refractivity contribution in [3.63, 3.8) is 0 Å². The molecule has 3 nitrogen and oxygen atoms in total. The molecule has 2 aromatic carbocycles. The van der Waals surface area contributed by atoms with Crippen LogP contribution in [-0.4, -0.2) is 11.7 Å². The Bertz CT molecular complexity index is 686. The lowest BCUT2D eigenvalue weighted by Crippen LogP contribution is -2.18. The Morgan fingerprint density at radius 3 is 2.67 bits per heavy atom. The Labute approximate surface area is 124 Å². The van der Waals surface area contributed by atoms with Gasteiger partial charge in [0.15, 0.2) is 0 Å². The van der Waals surface area contributed by atoms with Crippen molar-refractivity contribution < 1.29 is 13.6 Å². The summed E-state index contributed by atoms with van der Waals surface area (Å²) in [7, 11) is 0. The van der Waals surface area contributed by atoms with Crippen LogP contribution in [0.25, 0.3) is 0 Å². The van der Waals surface area contributed by atoms with Gasteiger partial charge in [-0.2, -0.15) is 0 Å². The zero-order valence-corrected chi connectivity index (χ0v) is 11.8. The minimum Gasteiger partial charge on any atom is -0.381 e. The van der Waals surface area contributed by atoms with E-state index in [2.05, 4.69) is 10.6 Å². The van der Waals surface area contributed by atoms with Crippen molar-refractivity contribution in [3.05, 3.63) is 53.6 Å². The van der Waals surface area contributed by atoms with Crippen LogP contribution in [-0.2, 0) is 11.3 Å². The van der Waals surface area contributed by atoms with Crippen molar-refractivity contribution in [2.45, 2.75) is 11.4 Å². The Morgan fingerprint density at radius 1 is 1.14 bits per heavy atom. The fourth-order valence-electron chi connectivity index (χ4n) is 2.11. The van der Waals surface area contributed by atoms with Gasteiger partial charge in [-0.1, -0.05) is 0 Å². The van der Waals surface area contributed by atoms with Crippen LogP contribution in [0, 0.1) is 11.6 Å². The first-order valence-corrected chi connectivity index (χ1v) is 7.34. The van der Waals surface area contributed by atoms with Gasteiger partial charge >= 0.3 is 0 Å². The molecule has 108 valence electrons. The monoisotopic (exact) mass is 306 g/mol. The third-order valence-electron chi connectivity index (χ3n) is 3.03. The van der Waals surface area contributed by atoms with E-state index in [1.165, 1.54) is 23.9 Å². The van der Waals surface area contributed by atoms with E-state index in [0.717, 1.165) is 22.3 Å². The Balaban J connectivity index is 1.73. The maximum atomic E-state index is 13.1. The van der Waals surface area contributed by atoms with E-state index in [1.54, 1.807) is 0 Å². The van der Waals surface area contributed by atoms with Crippen LogP contribution in [0.5, 0.6) is 0 Å². The lowest BCUT2D eigenvalue weighted by Gasteiger charge is -2.17. The quantitative estimate of drug-likeness (QED) is 0.910. The molecular weight excluding hydrogens is 294 g/mol. The summed E-state index contributed by atoms with van der Waals surface area (Å²) in [6.45, 7) is 0.300. The first-order chi connectivity index (χ1) is 10.1. The van der Waals surface area contributed by atoms with Gasteiger partial charge in [-0.05, 0) is 35.9 Å². The number of carbonyl (C=O) groups is 1. The van der Waals surface area contributed by atoms with Gasteiger partial charge in [0.25, 0.3) is 0 Å². The molecule has 0 unspecified atom stereocenters. The molecule has 0 aromatic heterocycles. The standard InChI is InChI=1S/C15H12F2N2OS/c16-10-3-9(4-11(17)5-10)7-18-12-1-2-14-13(6-12)19-15(20)8-21-14/h1-6,18H,7-8H2,(H,19,20). The number of hydrogen-bond acceptors (Lipinski definition) is 3. The topological polar surface area (TPSA) is 41.1 Å². The van der Waals surface area contributed by atoms with Gasteiger partial charge in [0.2, 0.25) is 5.91 Å². The van der Waals surface area contributed by atoms with Crippen molar-refractivity contribution in [1.29, 1.82) is 0 Å². The second-order valence-corrected chi connectivity index (χ2v) is 5.70. The van der Waals surface area contributed by atoms with Crippen molar-refractivity contribution >= 4 is 29.0 Å². The molecule has 0 spiro atoms. The molecule has 1 aliphatic rings. The zero-order valence-electron chi connectivity index (χ0n) is 11.0. The molecule has 2 N–H and O–H groups in total. The smallest absolute Gasteiger partial charge is 0.234 e. The van der Waals surface area contributed by atoms with Gasteiger partial charge in [-0.25, -0.2) is 8.78 Å². The van der Waals surface area contributed by atoms with Gasteiger partial charge in [-0.15, -0.1) is 11.8 Å². The van der Waals surface area contributed by atoms with Gasteiger partial charge in [-0.3, -0.25) is 4.79 Å². The lowest BCUT2D eigenvalue weighted by molar-refractivity contribution is -0.113. The minimum absolute atomic E-state index is 0.0307. The number of halogens is 2. The highest BCUT2D eigenvalue weighted by Crippen LogP contribution is 2.33. The van der Waals surface area contributed by atoms with Crippen LogP contribution in [0.1, 0.15) is 5.56 Å². The number of rotatable bonds is 3. The van der Waals surface area contributed by atoms with E-state index in [9.17, 15) is 13.6 Å². The van der Waals surface area contributed by atoms with Gasteiger partial charge < -0.3 is 10.6 Å². The number of anilines is 2. The number of nitrogens with one attached hydrogen (secondary N) is 2. The van der Waals surface area contributed by atoms with Gasteiger partial charge in [0, 0.05) is 23.2 Å². The third-order valence-corrected chi connectivity index (χ3v) is 4.10. The van der Waals surface area contributed by atoms with E-state index in [-0.39, 0.29) is 5.91 Å². The third kappa shape index (κ3) is 3.33. The number of benzene rings is 2. The van der Waals surface area contributed by atoms with Crippen molar-refractivity contribution in [2.75, 3.05) is 16.4 Å². The highest BCUT2D eigenvalue weighted by molar-refractivity contribution is 8.00. The molecule has 3 rings (SSSR count). The largest absolute Gasteiger partial charge is 0.381 e. The molecule has 1 amide bonds. The van der Waals surface area contributed by atoms with Crippen LogP contribution in [0.4, 0.5) is 20.2 Å². The van der Waals surface area contributed by atoms with E-state index in [4.69, 9.17) is 0 Å². The molecule has 6 heteroatoms. The summed E-state index contributed by atoms with van der Waals surface area (Å²) in [4.78, 5) is 12.4. The van der Waals surface area contributed by atoms with Crippen molar-refractivity contribution in [3.8, 4) is 0 Å². The van der Waals surface area contributed by atoms with E-state index >= 15 is 0 Å². The molecule has 0 atom stereocenters. The second kappa shape index (κ2) is 5.73. The van der Waals surface area contributed by atoms with Crippen molar-refractivity contribution in [1.82, 2.24) is 0 Å². The van der Waals surface area contributed by atoms with Crippen molar-refractivity contribution in [2.24, 2.45) is 0 Å². The molecule has 0 aliphatic carbocycles. The minimum atomic E-state index is -0.596. The average molecular weight is 306 g/mol. The first kappa shape index (κ1) is 13.9. The predicted octanol–water partition coefficient (Wildman–Crippen LogP) is 3.62. The maximum Gasteiger partial charge on any atom is 0.234 e. The summed E-state index contributed by atoms with van der Waals surface area (Å²) in [5.41, 5.74) is 2.05. The summed E-state index contributed by atoms with van der Waals surface area (Å²) >= 11 is 1.48. The summed E-state index contributed by atoms with van der Waals surface area (Å²) in [6, 6.07) is 9.01. The Morgan fingerprint density at radius 2 is 1.90 bits per heavy atom. The highest BCUT2D eigenvalue weighted by atomic mass is 32.2. The van der Waals surface area contributed by atoms with Crippen LogP contribution in [0.15, 0.2) is 41.3 Å². The van der Waals surface area contributed by atoms with Gasteiger partial charge in [0.1, 0.15) is 11.6 Å². The van der Waals surface area contributed by atoms with Crippen LogP contribution in [0.3, 0.4) is 0 Å². The average Bonchev–Trinajstić information content (AvgIpc) is 2.43. The molecule has 0 radical (unpaired) electrons. The van der Waals surface area contributed by atoms with E-state index in [0.29, 0.717) is 17.9 Å². The first-order valence-electron chi connectivity index (χ1n) is 6.36. The van der Waals surface area contributed by atoms with Crippen LogP contribution < -0.4 is 10.6 Å². The summed E-state index contributed by atoms with van der Waals surface area (Å²) in [6.07, 6.45) is 0. The molecule has 0 fully saturated rings. The summed E-state index contributed by atoms with van der Waals surface area (Å²) in [5.74, 6) is -0.804. The number of hydrogen-bond donors (Lipinski definition) is 2. The maximum absolute atomic E-state index is 13.1. The fraction of sp³-hybridized carbons (Fsp3) is 0.133. The van der Waals surface area contributed by atoms with Crippen LogP contribution >= 0.6 is 11.8 Å². The molecule has 0 saturated carbocycles. The van der Waals surface area contributed by atoms with Gasteiger partial charge in [0.05, 0.1) is 11.4 Å². The van der Waals surface area contributed by atoms with E-state index < -0.39 is 11.6 Å². The summed E-state index contributed by atoms with van der Waals surface area (Å²) < 4.78 is 26.2. The molecule has 0 saturated heterocycles. The van der Waals surface area contributed by atoms with Crippen LogP contribution in [0.2, 0.25) is 0 Å². The Kier molecular flexibility index (Phi) is 3.79. The fourth-order valence-corrected chi connectivity index (χ4v) is 2.90. The highest BCUT2D eigenvalue weighted by Gasteiger charge is 2.15. The number of amides is 1. The molecule has 21 heavy (non-hydrogen) atoms. The number of thioether (sulfide) groups is 1. The summed E-state index contributed by atoms with van der Waals surface area (Å²) in [5, 5.41) is 5.88. The van der Waals surface area contributed by atoms with E-state index in [1.807, 2.05) is 18.2 Å². The molecule has 1 aliphatic heterocycles. The zero-order chi connectivity index (χ0) is 14.8.